The van der Waals surface area contributed by atoms with Crippen molar-refractivity contribution in [2.45, 2.75) is 26.3 Å². The average Bonchev–Trinajstić information content (AvgIpc) is 2.85. The molecule has 0 amide bonds. The molecule has 0 radical (unpaired) electrons. The third-order valence-corrected chi connectivity index (χ3v) is 4.08. The second kappa shape index (κ2) is 4.63. The Hall–Kier alpha value is -1.36. The van der Waals surface area contributed by atoms with E-state index in [0.717, 1.165) is 19.0 Å². The molecule has 0 bridgehead atoms. The van der Waals surface area contributed by atoms with Crippen LogP contribution in [-0.4, -0.2) is 54.2 Å². The molecule has 1 aromatic rings. The number of nitrogens with zero attached hydrogens (tertiary/aromatic N) is 4. The van der Waals surface area contributed by atoms with Crippen molar-refractivity contribution in [3.63, 3.8) is 0 Å². The van der Waals surface area contributed by atoms with Gasteiger partial charge in [0.05, 0.1) is 19.5 Å². The van der Waals surface area contributed by atoms with Crippen LogP contribution in [0.1, 0.15) is 20.3 Å². The van der Waals surface area contributed by atoms with Gasteiger partial charge in [-0.1, -0.05) is 13.8 Å². The molecule has 2 fully saturated rings. The number of hydrogen-bond acceptors (Lipinski definition) is 5. The van der Waals surface area contributed by atoms with Gasteiger partial charge >= 0.3 is 0 Å². The van der Waals surface area contributed by atoms with Crippen molar-refractivity contribution in [3.8, 4) is 5.75 Å². The Bertz CT molecular complexity index is 437. The third kappa shape index (κ3) is 2.52. The zero-order valence-electron chi connectivity index (χ0n) is 12.0. The van der Waals surface area contributed by atoms with Crippen LogP contribution in [0.3, 0.4) is 0 Å². The van der Waals surface area contributed by atoms with Crippen LogP contribution in [0.4, 0.5) is 5.95 Å². The molecule has 0 aromatic carbocycles. The smallest absolute Gasteiger partial charge is 0.225 e. The predicted molar refractivity (Wildman–Crippen MR) is 74.6 cm³/mol. The molecular weight excluding hydrogens is 240 g/mol. The topological polar surface area (TPSA) is 41.5 Å². The summed E-state index contributed by atoms with van der Waals surface area (Å²) in [6.45, 7) is 9.20. The minimum atomic E-state index is 0.504. The lowest BCUT2D eigenvalue weighted by Crippen LogP contribution is -2.57. The fourth-order valence-corrected chi connectivity index (χ4v) is 3.11. The largest absolute Gasteiger partial charge is 0.494 e. The molecule has 104 valence electrons. The van der Waals surface area contributed by atoms with E-state index in [1.54, 1.807) is 19.5 Å². The summed E-state index contributed by atoms with van der Waals surface area (Å²) in [4.78, 5) is 13.6. The highest BCUT2D eigenvalue weighted by atomic mass is 16.5. The molecule has 2 aliphatic rings. The van der Waals surface area contributed by atoms with E-state index in [1.807, 2.05) is 0 Å². The Labute approximate surface area is 114 Å². The van der Waals surface area contributed by atoms with Crippen LogP contribution in [-0.2, 0) is 0 Å². The van der Waals surface area contributed by atoms with Crippen molar-refractivity contribution in [1.29, 1.82) is 0 Å². The molecule has 5 heteroatoms. The lowest BCUT2D eigenvalue weighted by Gasteiger charge is -2.49. The minimum absolute atomic E-state index is 0.504. The van der Waals surface area contributed by atoms with Crippen molar-refractivity contribution in [1.82, 2.24) is 14.9 Å². The highest BCUT2D eigenvalue weighted by Gasteiger charge is 2.40. The van der Waals surface area contributed by atoms with E-state index in [1.165, 1.54) is 19.5 Å². The first-order valence-corrected chi connectivity index (χ1v) is 6.92. The Morgan fingerprint density at radius 2 is 1.95 bits per heavy atom. The third-order valence-electron chi connectivity index (χ3n) is 4.08. The molecule has 0 aliphatic carbocycles. The number of anilines is 1. The lowest BCUT2D eigenvalue weighted by molar-refractivity contribution is 0.000986. The van der Waals surface area contributed by atoms with Gasteiger partial charge in [-0.25, -0.2) is 9.97 Å². The molecule has 0 N–H and O–H groups in total. The van der Waals surface area contributed by atoms with Crippen LogP contribution in [0.25, 0.3) is 0 Å². The lowest BCUT2D eigenvalue weighted by atomic mass is 9.83. The Balaban J connectivity index is 1.59. The summed E-state index contributed by atoms with van der Waals surface area (Å²) in [6, 6.07) is 0.665. The first kappa shape index (κ1) is 12.7. The maximum atomic E-state index is 5.09. The summed E-state index contributed by atoms with van der Waals surface area (Å²) in [7, 11) is 1.63. The minimum Gasteiger partial charge on any atom is -0.494 e. The summed E-state index contributed by atoms with van der Waals surface area (Å²) in [6.07, 6.45) is 4.69. The molecule has 2 saturated heterocycles. The summed E-state index contributed by atoms with van der Waals surface area (Å²) >= 11 is 0. The van der Waals surface area contributed by atoms with E-state index in [-0.39, 0.29) is 0 Å². The molecular formula is C14H22N4O. The van der Waals surface area contributed by atoms with E-state index in [9.17, 15) is 0 Å². The molecule has 0 spiro atoms. The van der Waals surface area contributed by atoms with Gasteiger partial charge in [-0.15, -0.1) is 0 Å². The molecule has 19 heavy (non-hydrogen) atoms. The van der Waals surface area contributed by atoms with Gasteiger partial charge in [0, 0.05) is 32.2 Å². The van der Waals surface area contributed by atoms with Crippen molar-refractivity contribution < 1.29 is 4.74 Å². The van der Waals surface area contributed by atoms with Crippen molar-refractivity contribution in [2.24, 2.45) is 5.41 Å². The monoisotopic (exact) mass is 262 g/mol. The first-order valence-electron chi connectivity index (χ1n) is 6.92. The van der Waals surface area contributed by atoms with Crippen LogP contribution in [0.2, 0.25) is 0 Å². The standard InChI is InChI=1S/C14H22N4O/c1-14(2)9-18(10-14)11-4-5-17(8-11)13-15-6-12(19-3)7-16-13/h6-7,11H,4-5,8-10H2,1-3H3. The fraction of sp³-hybridized carbons (Fsp3) is 0.714. The molecule has 0 saturated carbocycles. The zero-order chi connectivity index (χ0) is 13.5. The molecule has 3 rings (SSSR count). The van der Waals surface area contributed by atoms with Gasteiger partial charge < -0.3 is 9.64 Å². The molecule has 5 nitrogen and oxygen atoms in total. The summed E-state index contributed by atoms with van der Waals surface area (Å²) < 4.78 is 5.09. The number of aromatic nitrogens is 2. The predicted octanol–water partition coefficient (Wildman–Crippen LogP) is 1.41. The highest BCUT2D eigenvalue weighted by Crippen LogP contribution is 2.33. The van der Waals surface area contributed by atoms with Gasteiger partial charge in [0.25, 0.3) is 0 Å². The maximum Gasteiger partial charge on any atom is 0.225 e. The number of ether oxygens (including phenoxy) is 1. The van der Waals surface area contributed by atoms with E-state index in [2.05, 4.69) is 33.6 Å². The Kier molecular flexibility index (Phi) is 3.09. The van der Waals surface area contributed by atoms with Crippen molar-refractivity contribution in [2.75, 3.05) is 38.2 Å². The van der Waals surface area contributed by atoms with E-state index >= 15 is 0 Å². The summed E-state index contributed by atoms with van der Waals surface area (Å²) in [5.41, 5.74) is 0.504. The number of hydrogen-bond donors (Lipinski definition) is 0. The highest BCUT2D eigenvalue weighted by molar-refractivity contribution is 5.33. The maximum absolute atomic E-state index is 5.09. The van der Waals surface area contributed by atoms with Crippen LogP contribution in [0, 0.1) is 5.41 Å². The summed E-state index contributed by atoms with van der Waals surface area (Å²) in [5.74, 6) is 1.53. The Morgan fingerprint density at radius 1 is 1.26 bits per heavy atom. The first-order chi connectivity index (χ1) is 9.07. The fourth-order valence-electron chi connectivity index (χ4n) is 3.11. The van der Waals surface area contributed by atoms with Crippen LogP contribution in [0.15, 0.2) is 12.4 Å². The van der Waals surface area contributed by atoms with E-state index in [0.29, 0.717) is 17.2 Å². The van der Waals surface area contributed by atoms with Crippen LogP contribution >= 0.6 is 0 Å². The van der Waals surface area contributed by atoms with Crippen molar-refractivity contribution >= 4 is 5.95 Å². The zero-order valence-corrected chi connectivity index (χ0v) is 12.0. The van der Waals surface area contributed by atoms with Gasteiger partial charge in [-0.3, -0.25) is 4.90 Å². The quantitative estimate of drug-likeness (QED) is 0.824. The Morgan fingerprint density at radius 3 is 2.53 bits per heavy atom. The van der Waals surface area contributed by atoms with Gasteiger partial charge in [-0.05, 0) is 11.8 Å². The molecule has 1 aromatic heterocycles. The normalized spacial score (nSPS) is 26.3. The summed E-state index contributed by atoms with van der Waals surface area (Å²) in [5, 5.41) is 0. The van der Waals surface area contributed by atoms with Crippen LogP contribution < -0.4 is 9.64 Å². The number of methoxy groups -OCH3 is 1. The van der Waals surface area contributed by atoms with Gasteiger partial charge in [0.1, 0.15) is 0 Å². The molecule has 1 unspecified atom stereocenters. The SMILES string of the molecule is COc1cnc(N2CCC(N3CC(C)(C)C3)C2)nc1. The number of rotatable bonds is 3. The number of likely N-dealkylation sites (tertiary alicyclic amines) is 1. The second-order valence-electron chi connectivity index (χ2n) is 6.38. The molecule has 3 heterocycles. The van der Waals surface area contributed by atoms with Crippen molar-refractivity contribution in [3.05, 3.63) is 12.4 Å². The molecule has 1 atom stereocenters. The second-order valence-corrected chi connectivity index (χ2v) is 6.38. The van der Waals surface area contributed by atoms with Crippen LogP contribution in [0.5, 0.6) is 5.75 Å². The van der Waals surface area contributed by atoms with E-state index in [4.69, 9.17) is 4.74 Å². The van der Waals surface area contributed by atoms with E-state index < -0.39 is 0 Å². The van der Waals surface area contributed by atoms with Gasteiger partial charge in [0.2, 0.25) is 5.95 Å². The average molecular weight is 262 g/mol. The molecule has 2 aliphatic heterocycles. The van der Waals surface area contributed by atoms with Gasteiger partial charge in [-0.2, -0.15) is 0 Å². The van der Waals surface area contributed by atoms with Gasteiger partial charge in [0.15, 0.2) is 5.75 Å².